The Morgan fingerprint density at radius 1 is 1.18 bits per heavy atom. The summed E-state index contributed by atoms with van der Waals surface area (Å²) in [5.41, 5.74) is 4.28. The maximum absolute atomic E-state index is 5.96. The molecule has 0 saturated carbocycles. The van der Waals surface area contributed by atoms with Gasteiger partial charge in [-0.25, -0.2) is 0 Å². The molecule has 0 aliphatic rings. The van der Waals surface area contributed by atoms with E-state index in [0.29, 0.717) is 0 Å². The molecule has 2 aromatic heterocycles. The Balaban J connectivity index is 2.21. The van der Waals surface area contributed by atoms with E-state index >= 15 is 0 Å². The molecule has 0 unspecified atom stereocenters. The van der Waals surface area contributed by atoms with Crippen LogP contribution in [0.4, 0.5) is 0 Å². The minimum Gasteiger partial charge on any atom is -0.360 e. The number of hydrogen-bond acceptors (Lipinski definition) is 1. The normalized spacial score (nSPS) is 10.9. The van der Waals surface area contributed by atoms with Crippen molar-refractivity contribution in [1.29, 1.82) is 0 Å². The maximum Gasteiger partial charge on any atom is 0.0723 e. The summed E-state index contributed by atoms with van der Waals surface area (Å²) in [6.45, 7) is 2.03. The molecule has 2 heterocycles. The first-order chi connectivity index (χ1) is 8.24. The van der Waals surface area contributed by atoms with Crippen LogP contribution >= 0.6 is 11.6 Å². The summed E-state index contributed by atoms with van der Waals surface area (Å²) < 4.78 is 0. The van der Waals surface area contributed by atoms with Gasteiger partial charge in [0.2, 0.25) is 0 Å². The van der Waals surface area contributed by atoms with Crippen LogP contribution in [0.5, 0.6) is 0 Å². The molecule has 0 saturated heterocycles. The molecule has 1 aromatic carbocycles. The fourth-order valence-corrected chi connectivity index (χ4v) is 2.11. The van der Waals surface area contributed by atoms with Crippen LogP contribution in [0.25, 0.3) is 22.2 Å². The number of pyridine rings is 1. The molecule has 0 amide bonds. The number of halogens is 1. The molecular formula is C14H11ClN2. The molecule has 3 heteroatoms. The number of hydrogen-bond donors (Lipinski definition) is 1. The van der Waals surface area contributed by atoms with Gasteiger partial charge in [0.05, 0.1) is 5.69 Å². The molecule has 3 aromatic rings. The third-order valence-corrected chi connectivity index (χ3v) is 3.07. The molecule has 0 fully saturated rings. The van der Waals surface area contributed by atoms with Crippen molar-refractivity contribution in [2.75, 3.05) is 0 Å². The first kappa shape index (κ1) is 10.4. The second-order valence-electron chi connectivity index (χ2n) is 4.11. The maximum atomic E-state index is 5.96. The molecule has 2 nitrogen and oxygen atoms in total. The van der Waals surface area contributed by atoms with Gasteiger partial charge in [-0.3, -0.25) is 4.98 Å². The van der Waals surface area contributed by atoms with E-state index in [1.54, 1.807) is 0 Å². The molecule has 17 heavy (non-hydrogen) atoms. The van der Waals surface area contributed by atoms with Gasteiger partial charge in [-0.2, -0.15) is 0 Å². The Labute approximate surface area is 104 Å². The van der Waals surface area contributed by atoms with Gasteiger partial charge in [0, 0.05) is 33.9 Å². The van der Waals surface area contributed by atoms with E-state index < -0.39 is 0 Å². The number of rotatable bonds is 1. The Morgan fingerprint density at radius 2 is 2.06 bits per heavy atom. The average Bonchev–Trinajstić information content (AvgIpc) is 2.73. The molecule has 0 atom stereocenters. The van der Waals surface area contributed by atoms with E-state index in [-0.39, 0.29) is 0 Å². The van der Waals surface area contributed by atoms with Crippen molar-refractivity contribution in [3.63, 3.8) is 0 Å². The summed E-state index contributed by atoms with van der Waals surface area (Å²) in [6.07, 6.45) is 3.85. The smallest absolute Gasteiger partial charge is 0.0723 e. The predicted molar refractivity (Wildman–Crippen MR) is 71.3 cm³/mol. The third-order valence-electron chi connectivity index (χ3n) is 2.83. The van der Waals surface area contributed by atoms with Crippen molar-refractivity contribution in [3.8, 4) is 11.3 Å². The number of H-pyrrole nitrogens is 1. The molecule has 3 rings (SSSR count). The Hall–Kier alpha value is -1.80. The van der Waals surface area contributed by atoms with Crippen LogP contribution in [0.1, 0.15) is 5.56 Å². The van der Waals surface area contributed by atoms with Gasteiger partial charge in [0.15, 0.2) is 0 Å². The number of aromatic nitrogens is 2. The van der Waals surface area contributed by atoms with E-state index in [1.165, 1.54) is 0 Å². The minimum atomic E-state index is 0.739. The van der Waals surface area contributed by atoms with Crippen LogP contribution in [0, 0.1) is 6.92 Å². The molecule has 0 aliphatic carbocycles. The first-order valence-corrected chi connectivity index (χ1v) is 5.81. The van der Waals surface area contributed by atoms with E-state index in [4.69, 9.17) is 11.6 Å². The highest BCUT2D eigenvalue weighted by Crippen LogP contribution is 2.28. The van der Waals surface area contributed by atoms with Crippen LogP contribution in [0.3, 0.4) is 0 Å². The summed E-state index contributed by atoms with van der Waals surface area (Å²) in [4.78, 5) is 7.66. The number of nitrogens with one attached hydrogen (secondary N) is 1. The van der Waals surface area contributed by atoms with Crippen LogP contribution in [0.15, 0.2) is 42.7 Å². The Bertz CT molecular complexity index is 668. The predicted octanol–water partition coefficient (Wildman–Crippen LogP) is 4.19. The molecule has 0 spiro atoms. The molecular weight excluding hydrogens is 232 g/mol. The summed E-state index contributed by atoms with van der Waals surface area (Å²) in [5.74, 6) is 0. The molecule has 0 bridgehead atoms. The number of aromatic amines is 1. The van der Waals surface area contributed by atoms with Gasteiger partial charge < -0.3 is 4.98 Å². The van der Waals surface area contributed by atoms with Crippen LogP contribution in [0.2, 0.25) is 5.02 Å². The summed E-state index contributed by atoms with van der Waals surface area (Å²) in [5, 5.41) is 1.88. The summed E-state index contributed by atoms with van der Waals surface area (Å²) >= 11 is 5.96. The standard InChI is InChI=1S/C14H11ClN2/c1-9-2-5-13(16-7-9)12-8-17-14-6-10(15)3-4-11(12)14/h2-8,17H,1H3. The third kappa shape index (κ3) is 1.81. The van der Waals surface area contributed by atoms with Crippen molar-refractivity contribution >= 4 is 22.5 Å². The topological polar surface area (TPSA) is 28.7 Å². The Morgan fingerprint density at radius 3 is 2.82 bits per heavy atom. The zero-order valence-electron chi connectivity index (χ0n) is 9.37. The van der Waals surface area contributed by atoms with E-state index in [1.807, 2.05) is 43.6 Å². The van der Waals surface area contributed by atoms with Crippen LogP contribution < -0.4 is 0 Å². The monoisotopic (exact) mass is 242 g/mol. The lowest BCUT2D eigenvalue weighted by molar-refractivity contribution is 1.27. The van der Waals surface area contributed by atoms with Gasteiger partial charge >= 0.3 is 0 Å². The lowest BCUT2D eigenvalue weighted by Crippen LogP contribution is -1.82. The SMILES string of the molecule is Cc1ccc(-c2c[nH]c3cc(Cl)ccc23)nc1. The zero-order chi connectivity index (χ0) is 11.8. The average molecular weight is 243 g/mol. The fraction of sp³-hybridized carbons (Fsp3) is 0.0714. The van der Waals surface area contributed by atoms with Gasteiger partial charge in [-0.15, -0.1) is 0 Å². The van der Waals surface area contributed by atoms with Crippen molar-refractivity contribution in [1.82, 2.24) is 9.97 Å². The minimum absolute atomic E-state index is 0.739. The van der Waals surface area contributed by atoms with E-state index in [9.17, 15) is 0 Å². The van der Waals surface area contributed by atoms with E-state index in [0.717, 1.165) is 32.7 Å². The van der Waals surface area contributed by atoms with Crippen LogP contribution in [-0.2, 0) is 0 Å². The number of aryl methyl sites for hydroxylation is 1. The first-order valence-electron chi connectivity index (χ1n) is 5.44. The Kier molecular flexibility index (Phi) is 2.37. The lowest BCUT2D eigenvalue weighted by Gasteiger charge is -1.99. The lowest BCUT2D eigenvalue weighted by atomic mass is 10.1. The van der Waals surface area contributed by atoms with Gasteiger partial charge in [-0.1, -0.05) is 23.7 Å². The highest BCUT2D eigenvalue weighted by Gasteiger charge is 2.07. The van der Waals surface area contributed by atoms with Crippen molar-refractivity contribution in [2.45, 2.75) is 6.92 Å². The quantitative estimate of drug-likeness (QED) is 0.681. The second-order valence-corrected chi connectivity index (χ2v) is 4.55. The summed E-state index contributed by atoms with van der Waals surface area (Å²) in [7, 11) is 0. The molecule has 1 N–H and O–H groups in total. The second kappa shape index (κ2) is 3.90. The summed E-state index contributed by atoms with van der Waals surface area (Å²) in [6, 6.07) is 9.94. The van der Waals surface area contributed by atoms with Gasteiger partial charge in [-0.05, 0) is 30.7 Å². The molecule has 84 valence electrons. The highest BCUT2D eigenvalue weighted by molar-refractivity contribution is 6.31. The van der Waals surface area contributed by atoms with Crippen LogP contribution in [-0.4, -0.2) is 9.97 Å². The van der Waals surface area contributed by atoms with Crippen molar-refractivity contribution in [3.05, 3.63) is 53.3 Å². The zero-order valence-corrected chi connectivity index (χ0v) is 10.1. The number of benzene rings is 1. The highest BCUT2D eigenvalue weighted by atomic mass is 35.5. The molecule has 0 aliphatic heterocycles. The molecule has 0 radical (unpaired) electrons. The fourth-order valence-electron chi connectivity index (χ4n) is 1.94. The number of nitrogens with zero attached hydrogens (tertiary/aromatic N) is 1. The van der Waals surface area contributed by atoms with Gasteiger partial charge in [0.1, 0.15) is 0 Å². The van der Waals surface area contributed by atoms with Crippen molar-refractivity contribution < 1.29 is 0 Å². The largest absolute Gasteiger partial charge is 0.360 e. The van der Waals surface area contributed by atoms with Crippen molar-refractivity contribution in [2.24, 2.45) is 0 Å². The van der Waals surface area contributed by atoms with Gasteiger partial charge in [0.25, 0.3) is 0 Å². The van der Waals surface area contributed by atoms with E-state index in [2.05, 4.69) is 16.0 Å². The number of fused-ring (bicyclic) bond motifs is 1.